The third-order valence-electron chi connectivity index (χ3n) is 2.37. The Hall–Kier alpha value is -0.260. The van der Waals surface area contributed by atoms with Crippen LogP contribution in [0.5, 0.6) is 0 Å². The van der Waals surface area contributed by atoms with Crippen LogP contribution in [0.15, 0.2) is 0 Å². The first-order chi connectivity index (χ1) is 7.15. The van der Waals surface area contributed by atoms with Crippen molar-refractivity contribution in [2.75, 3.05) is 26.5 Å². The number of carbonyl (C=O) groups is 1. The molecule has 0 bridgehead atoms. The molecule has 2 unspecified atom stereocenters. The minimum Gasteiger partial charge on any atom is -0.395 e. The van der Waals surface area contributed by atoms with Crippen LogP contribution in [0.25, 0.3) is 0 Å². The highest BCUT2D eigenvalue weighted by atomic mass is 32.2. The van der Waals surface area contributed by atoms with Gasteiger partial charge in [0.15, 0.2) is 0 Å². The molecule has 0 aliphatic rings. The largest absolute Gasteiger partial charge is 0.395 e. The van der Waals surface area contributed by atoms with E-state index in [4.69, 9.17) is 5.11 Å². The van der Waals surface area contributed by atoms with Crippen molar-refractivity contribution in [1.82, 2.24) is 10.6 Å². The molecule has 0 saturated carbocycles. The summed E-state index contributed by atoms with van der Waals surface area (Å²) in [6.07, 6.45) is 3.37. The van der Waals surface area contributed by atoms with Gasteiger partial charge in [-0.2, -0.15) is 11.8 Å². The molecule has 0 aromatic carbocycles. The molecule has 1 amide bonds. The third-order valence-corrected chi connectivity index (χ3v) is 3.53. The van der Waals surface area contributed by atoms with Gasteiger partial charge < -0.3 is 15.7 Å². The van der Waals surface area contributed by atoms with Crippen LogP contribution < -0.4 is 10.6 Å². The summed E-state index contributed by atoms with van der Waals surface area (Å²) in [6.45, 7) is 3.05. The van der Waals surface area contributed by atoms with Crippen LogP contribution in [-0.2, 0) is 4.79 Å². The number of thioether (sulfide) groups is 1. The van der Waals surface area contributed by atoms with Crippen molar-refractivity contribution < 1.29 is 9.90 Å². The smallest absolute Gasteiger partial charge is 0.219 e. The quantitative estimate of drug-likeness (QED) is 0.526. The lowest BCUT2D eigenvalue weighted by molar-refractivity contribution is -0.120. The Morgan fingerprint density at radius 3 is 2.67 bits per heavy atom. The van der Waals surface area contributed by atoms with Crippen LogP contribution in [0.3, 0.4) is 0 Å². The molecule has 0 fully saturated rings. The topological polar surface area (TPSA) is 61.4 Å². The van der Waals surface area contributed by atoms with E-state index in [1.807, 2.05) is 6.26 Å². The van der Waals surface area contributed by atoms with Crippen molar-refractivity contribution in [2.45, 2.75) is 31.1 Å². The number of hydrogen-bond donors (Lipinski definition) is 3. The van der Waals surface area contributed by atoms with Crippen LogP contribution in [0.2, 0.25) is 0 Å². The second-order valence-corrected chi connectivity index (χ2v) is 4.55. The Balaban J connectivity index is 3.53. The van der Waals surface area contributed by atoms with Crippen molar-refractivity contribution in [2.24, 2.45) is 0 Å². The van der Waals surface area contributed by atoms with Gasteiger partial charge in [0.1, 0.15) is 0 Å². The van der Waals surface area contributed by atoms with Crippen LogP contribution in [-0.4, -0.2) is 48.8 Å². The fourth-order valence-electron chi connectivity index (χ4n) is 1.27. The molecule has 0 aliphatic heterocycles. The Labute approximate surface area is 96.2 Å². The molecule has 0 saturated heterocycles. The first kappa shape index (κ1) is 14.7. The molecule has 0 aromatic rings. The molecule has 90 valence electrons. The summed E-state index contributed by atoms with van der Waals surface area (Å²) < 4.78 is 0. The van der Waals surface area contributed by atoms with Gasteiger partial charge in [0.2, 0.25) is 5.91 Å². The summed E-state index contributed by atoms with van der Waals surface area (Å²) in [5.41, 5.74) is 0. The van der Waals surface area contributed by atoms with Crippen molar-refractivity contribution in [3.8, 4) is 0 Å². The van der Waals surface area contributed by atoms with Crippen LogP contribution >= 0.6 is 11.8 Å². The summed E-state index contributed by atoms with van der Waals surface area (Å²) >= 11 is 1.66. The maximum atomic E-state index is 10.9. The Morgan fingerprint density at radius 2 is 2.20 bits per heavy atom. The molecule has 5 heteroatoms. The summed E-state index contributed by atoms with van der Waals surface area (Å²) in [7, 11) is 1.65. The monoisotopic (exact) mass is 234 g/mol. The van der Waals surface area contributed by atoms with Gasteiger partial charge in [0, 0.05) is 24.8 Å². The van der Waals surface area contributed by atoms with Crippen molar-refractivity contribution >= 4 is 17.7 Å². The molecule has 0 rings (SSSR count). The average Bonchev–Trinajstić information content (AvgIpc) is 2.25. The van der Waals surface area contributed by atoms with Gasteiger partial charge in [-0.3, -0.25) is 4.79 Å². The second kappa shape index (κ2) is 9.00. The van der Waals surface area contributed by atoms with E-state index in [1.54, 1.807) is 18.8 Å². The molecule has 3 N–H and O–H groups in total. The molecule has 0 aliphatic carbocycles. The van der Waals surface area contributed by atoms with Crippen molar-refractivity contribution in [3.63, 3.8) is 0 Å². The zero-order valence-corrected chi connectivity index (χ0v) is 10.6. The molecule has 0 aromatic heterocycles. The number of hydrogen-bond acceptors (Lipinski definition) is 4. The first-order valence-corrected chi connectivity index (χ1v) is 6.52. The third kappa shape index (κ3) is 6.76. The molecule has 0 heterocycles. The highest BCUT2D eigenvalue weighted by Crippen LogP contribution is 2.09. The zero-order valence-electron chi connectivity index (χ0n) is 9.75. The zero-order chi connectivity index (χ0) is 11.7. The SMILES string of the molecule is CNC(=O)CCCNC(C)C(CO)SC. The minimum absolute atomic E-state index is 0.0769. The standard InChI is InChI=1S/C10H22N2O2S/c1-8(9(7-13)15-3)12-6-4-5-10(14)11-2/h8-9,12-13H,4-7H2,1-3H3,(H,11,14). The highest BCUT2D eigenvalue weighted by Gasteiger charge is 2.13. The van der Waals surface area contributed by atoms with E-state index in [9.17, 15) is 4.79 Å². The van der Waals surface area contributed by atoms with Gasteiger partial charge in [-0.25, -0.2) is 0 Å². The lowest BCUT2D eigenvalue weighted by atomic mass is 10.2. The Kier molecular flexibility index (Phi) is 8.85. The second-order valence-electron chi connectivity index (χ2n) is 3.48. The van der Waals surface area contributed by atoms with E-state index in [1.165, 1.54) is 0 Å². The van der Waals surface area contributed by atoms with E-state index >= 15 is 0 Å². The fraction of sp³-hybridized carbons (Fsp3) is 0.900. The number of carbonyl (C=O) groups excluding carboxylic acids is 1. The van der Waals surface area contributed by atoms with E-state index in [-0.39, 0.29) is 23.8 Å². The highest BCUT2D eigenvalue weighted by molar-refractivity contribution is 7.99. The summed E-state index contributed by atoms with van der Waals surface area (Å²) in [5.74, 6) is 0.0769. The number of nitrogens with one attached hydrogen (secondary N) is 2. The summed E-state index contributed by atoms with van der Waals surface area (Å²) in [5, 5.41) is 15.2. The number of aliphatic hydroxyl groups is 1. The predicted molar refractivity (Wildman–Crippen MR) is 65.2 cm³/mol. The van der Waals surface area contributed by atoms with Gasteiger partial charge in [0.05, 0.1) is 6.61 Å². The number of amides is 1. The normalized spacial score (nSPS) is 14.7. The first-order valence-electron chi connectivity index (χ1n) is 5.23. The molecule has 15 heavy (non-hydrogen) atoms. The summed E-state index contributed by atoms with van der Waals surface area (Å²) in [4.78, 5) is 10.9. The van der Waals surface area contributed by atoms with Gasteiger partial charge in [-0.1, -0.05) is 0 Å². The molecule has 0 radical (unpaired) electrons. The van der Waals surface area contributed by atoms with E-state index in [0.717, 1.165) is 13.0 Å². The van der Waals surface area contributed by atoms with Crippen LogP contribution in [0.1, 0.15) is 19.8 Å². The van der Waals surface area contributed by atoms with Gasteiger partial charge >= 0.3 is 0 Å². The molecular formula is C10H22N2O2S. The molecule has 0 spiro atoms. The fourth-order valence-corrected chi connectivity index (χ4v) is 1.93. The van der Waals surface area contributed by atoms with E-state index in [0.29, 0.717) is 6.42 Å². The maximum Gasteiger partial charge on any atom is 0.219 e. The lowest BCUT2D eigenvalue weighted by Gasteiger charge is -2.21. The van der Waals surface area contributed by atoms with Crippen molar-refractivity contribution in [1.29, 1.82) is 0 Å². The van der Waals surface area contributed by atoms with Crippen molar-refractivity contribution in [3.05, 3.63) is 0 Å². The number of aliphatic hydroxyl groups excluding tert-OH is 1. The Bertz CT molecular complexity index is 175. The Morgan fingerprint density at radius 1 is 1.53 bits per heavy atom. The lowest BCUT2D eigenvalue weighted by Crippen LogP contribution is -2.38. The van der Waals surface area contributed by atoms with Crippen LogP contribution in [0, 0.1) is 0 Å². The molecule has 2 atom stereocenters. The van der Waals surface area contributed by atoms with Crippen LogP contribution in [0.4, 0.5) is 0 Å². The minimum atomic E-state index is 0.0769. The van der Waals surface area contributed by atoms with Gasteiger partial charge in [-0.15, -0.1) is 0 Å². The van der Waals surface area contributed by atoms with E-state index in [2.05, 4.69) is 17.6 Å². The van der Waals surface area contributed by atoms with Gasteiger partial charge in [0.25, 0.3) is 0 Å². The number of rotatable bonds is 8. The molecular weight excluding hydrogens is 212 g/mol. The predicted octanol–water partition coefficient (Wildman–Crippen LogP) is 0.215. The van der Waals surface area contributed by atoms with E-state index < -0.39 is 0 Å². The average molecular weight is 234 g/mol. The summed E-state index contributed by atoms with van der Waals surface area (Å²) in [6, 6.07) is 0.273. The molecule has 4 nitrogen and oxygen atoms in total. The van der Waals surface area contributed by atoms with Gasteiger partial charge in [-0.05, 0) is 26.1 Å². The maximum absolute atomic E-state index is 10.9.